The van der Waals surface area contributed by atoms with Crippen LogP contribution in [0.15, 0.2) is 30.9 Å². The van der Waals surface area contributed by atoms with Crippen molar-refractivity contribution in [2.45, 2.75) is 19.4 Å². The number of likely N-dealkylation sites (N-methyl/N-ethyl adjacent to an activating group) is 1. The standard InChI is InChI=1S/C13H17ClN4/c1-3-16-13(6-10-7-17-18(2)9-10)11-4-5-15-8-12(11)14/h4-5,7-9,13,16H,3,6H2,1-2H3. The highest BCUT2D eigenvalue weighted by molar-refractivity contribution is 6.31. The molecule has 1 unspecified atom stereocenters. The van der Waals surface area contributed by atoms with E-state index in [0.717, 1.165) is 18.5 Å². The van der Waals surface area contributed by atoms with Gasteiger partial charge in [0, 0.05) is 31.7 Å². The molecular weight excluding hydrogens is 248 g/mol. The van der Waals surface area contributed by atoms with E-state index in [9.17, 15) is 0 Å². The number of nitrogens with zero attached hydrogens (tertiary/aromatic N) is 3. The lowest BCUT2D eigenvalue weighted by molar-refractivity contribution is 0.549. The molecule has 96 valence electrons. The van der Waals surface area contributed by atoms with E-state index in [-0.39, 0.29) is 6.04 Å². The van der Waals surface area contributed by atoms with Crippen molar-refractivity contribution in [1.29, 1.82) is 0 Å². The number of aromatic nitrogens is 3. The first-order valence-corrected chi connectivity index (χ1v) is 6.38. The van der Waals surface area contributed by atoms with E-state index in [4.69, 9.17) is 11.6 Å². The third-order valence-corrected chi connectivity index (χ3v) is 3.14. The summed E-state index contributed by atoms with van der Waals surface area (Å²) in [5, 5.41) is 8.34. The van der Waals surface area contributed by atoms with Crippen LogP contribution in [0.2, 0.25) is 5.02 Å². The SMILES string of the molecule is CCNC(Cc1cnn(C)c1)c1ccncc1Cl. The Balaban J connectivity index is 2.20. The van der Waals surface area contributed by atoms with Gasteiger partial charge in [-0.25, -0.2) is 0 Å². The van der Waals surface area contributed by atoms with Gasteiger partial charge in [0.1, 0.15) is 0 Å². The molecule has 2 rings (SSSR count). The number of nitrogens with one attached hydrogen (secondary N) is 1. The lowest BCUT2D eigenvalue weighted by Gasteiger charge is -2.18. The molecule has 0 saturated heterocycles. The monoisotopic (exact) mass is 264 g/mol. The number of halogens is 1. The molecule has 2 aromatic heterocycles. The average molecular weight is 265 g/mol. The fourth-order valence-electron chi connectivity index (χ4n) is 2.02. The molecule has 1 atom stereocenters. The van der Waals surface area contributed by atoms with E-state index < -0.39 is 0 Å². The van der Waals surface area contributed by atoms with E-state index >= 15 is 0 Å². The highest BCUT2D eigenvalue weighted by Crippen LogP contribution is 2.24. The van der Waals surface area contributed by atoms with Gasteiger partial charge in [-0.15, -0.1) is 0 Å². The zero-order valence-electron chi connectivity index (χ0n) is 10.6. The van der Waals surface area contributed by atoms with Crippen LogP contribution in [0.25, 0.3) is 0 Å². The summed E-state index contributed by atoms with van der Waals surface area (Å²) in [6.45, 7) is 2.98. The molecule has 0 radical (unpaired) electrons. The Hall–Kier alpha value is -1.39. The maximum Gasteiger partial charge on any atom is 0.0637 e. The summed E-state index contributed by atoms with van der Waals surface area (Å²) in [6, 6.07) is 2.15. The van der Waals surface area contributed by atoms with E-state index in [1.54, 1.807) is 12.4 Å². The molecule has 0 aliphatic carbocycles. The van der Waals surface area contributed by atoms with Gasteiger partial charge in [-0.3, -0.25) is 9.67 Å². The van der Waals surface area contributed by atoms with Crippen molar-refractivity contribution in [3.05, 3.63) is 47.0 Å². The van der Waals surface area contributed by atoms with Gasteiger partial charge >= 0.3 is 0 Å². The van der Waals surface area contributed by atoms with Gasteiger partial charge in [0.2, 0.25) is 0 Å². The van der Waals surface area contributed by atoms with Crippen molar-refractivity contribution in [1.82, 2.24) is 20.1 Å². The molecule has 0 fully saturated rings. The molecule has 4 nitrogen and oxygen atoms in total. The Labute approximate surface area is 112 Å². The van der Waals surface area contributed by atoms with Gasteiger partial charge < -0.3 is 5.32 Å². The van der Waals surface area contributed by atoms with E-state index in [1.807, 2.05) is 30.2 Å². The van der Waals surface area contributed by atoms with Crippen molar-refractivity contribution in [2.24, 2.45) is 7.05 Å². The van der Waals surface area contributed by atoms with Crippen molar-refractivity contribution in [3.8, 4) is 0 Å². The van der Waals surface area contributed by atoms with Gasteiger partial charge in [0.25, 0.3) is 0 Å². The molecule has 2 heterocycles. The molecule has 0 aromatic carbocycles. The first-order chi connectivity index (χ1) is 8.70. The Bertz CT molecular complexity index is 509. The number of aryl methyl sites for hydroxylation is 1. The van der Waals surface area contributed by atoms with Crippen LogP contribution in [0.5, 0.6) is 0 Å². The normalized spacial score (nSPS) is 12.6. The summed E-state index contributed by atoms with van der Waals surface area (Å²) < 4.78 is 1.81. The van der Waals surface area contributed by atoms with Crippen molar-refractivity contribution in [3.63, 3.8) is 0 Å². The molecule has 0 saturated carbocycles. The lowest BCUT2D eigenvalue weighted by Crippen LogP contribution is -2.23. The lowest BCUT2D eigenvalue weighted by atomic mass is 10.0. The molecular formula is C13H17ClN4. The number of hydrogen-bond donors (Lipinski definition) is 1. The molecule has 0 aliphatic heterocycles. The minimum Gasteiger partial charge on any atom is -0.310 e. The van der Waals surface area contributed by atoms with Gasteiger partial charge in [-0.1, -0.05) is 18.5 Å². The van der Waals surface area contributed by atoms with E-state index in [2.05, 4.69) is 22.3 Å². The Morgan fingerprint density at radius 1 is 1.44 bits per heavy atom. The maximum atomic E-state index is 6.20. The molecule has 0 spiro atoms. The summed E-state index contributed by atoms with van der Waals surface area (Å²) >= 11 is 6.20. The van der Waals surface area contributed by atoms with Crippen LogP contribution in [0.1, 0.15) is 24.1 Å². The van der Waals surface area contributed by atoms with Crippen LogP contribution in [-0.4, -0.2) is 21.3 Å². The summed E-state index contributed by atoms with van der Waals surface area (Å²) in [5.41, 5.74) is 2.27. The fourth-order valence-corrected chi connectivity index (χ4v) is 2.27. The van der Waals surface area contributed by atoms with Crippen LogP contribution in [-0.2, 0) is 13.5 Å². The van der Waals surface area contributed by atoms with E-state index in [1.165, 1.54) is 5.56 Å². The topological polar surface area (TPSA) is 42.7 Å². The first-order valence-electron chi connectivity index (χ1n) is 6.01. The summed E-state index contributed by atoms with van der Waals surface area (Å²) in [5.74, 6) is 0. The second-order valence-electron chi connectivity index (χ2n) is 4.23. The highest BCUT2D eigenvalue weighted by Gasteiger charge is 2.15. The molecule has 0 bridgehead atoms. The average Bonchev–Trinajstić information content (AvgIpc) is 2.75. The smallest absolute Gasteiger partial charge is 0.0637 e. The van der Waals surface area contributed by atoms with Gasteiger partial charge in [0.15, 0.2) is 0 Å². The van der Waals surface area contributed by atoms with Gasteiger partial charge in [-0.05, 0) is 30.2 Å². The van der Waals surface area contributed by atoms with Crippen LogP contribution >= 0.6 is 11.6 Å². The fraction of sp³-hybridized carbons (Fsp3) is 0.385. The Kier molecular flexibility index (Phi) is 4.33. The predicted molar refractivity (Wildman–Crippen MR) is 72.6 cm³/mol. The Morgan fingerprint density at radius 3 is 2.89 bits per heavy atom. The summed E-state index contributed by atoms with van der Waals surface area (Å²) in [6.07, 6.45) is 8.24. The highest BCUT2D eigenvalue weighted by atomic mass is 35.5. The molecule has 2 aromatic rings. The van der Waals surface area contributed by atoms with Crippen molar-refractivity contribution < 1.29 is 0 Å². The molecule has 5 heteroatoms. The molecule has 18 heavy (non-hydrogen) atoms. The quantitative estimate of drug-likeness (QED) is 0.902. The van der Waals surface area contributed by atoms with Crippen molar-refractivity contribution in [2.75, 3.05) is 6.54 Å². The zero-order valence-corrected chi connectivity index (χ0v) is 11.4. The van der Waals surface area contributed by atoms with Gasteiger partial charge in [-0.2, -0.15) is 5.10 Å². The number of pyridine rings is 1. The predicted octanol–water partition coefficient (Wildman–Crippen LogP) is 2.36. The van der Waals surface area contributed by atoms with Crippen LogP contribution in [0, 0.1) is 0 Å². The molecule has 0 aliphatic rings. The number of rotatable bonds is 5. The Morgan fingerprint density at radius 2 is 2.28 bits per heavy atom. The minimum atomic E-state index is 0.190. The second-order valence-corrected chi connectivity index (χ2v) is 4.64. The first kappa shape index (κ1) is 13.1. The second kappa shape index (κ2) is 5.98. The molecule has 0 amide bonds. The third kappa shape index (κ3) is 3.09. The zero-order chi connectivity index (χ0) is 13.0. The maximum absolute atomic E-state index is 6.20. The van der Waals surface area contributed by atoms with Crippen molar-refractivity contribution >= 4 is 11.6 Å². The third-order valence-electron chi connectivity index (χ3n) is 2.83. The van der Waals surface area contributed by atoms with E-state index in [0.29, 0.717) is 5.02 Å². The summed E-state index contributed by atoms with van der Waals surface area (Å²) in [7, 11) is 1.92. The summed E-state index contributed by atoms with van der Waals surface area (Å²) in [4.78, 5) is 4.02. The minimum absolute atomic E-state index is 0.190. The molecule has 1 N–H and O–H groups in total. The number of hydrogen-bond acceptors (Lipinski definition) is 3. The largest absolute Gasteiger partial charge is 0.310 e. The van der Waals surface area contributed by atoms with Crippen LogP contribution in [0.3, 0.4) is 0 Å². The van der Waals surface area contributed by atoms with Crippen LogP contribution < -0.4 is 5.32 Å². The van der Waals surface area contributed by atoms with Gasteiger partial charge in [0.05, 0.1) is 11.2 Å². The van der Waals surface area contributed by atoms with Crippen LogP contribution in [0.4, 0.5) is 0 Å².